The summed E-state index contributed by atoms with van der Waals surface area (Å²) >= 11 is 0. The molecule has 0 aliphatic rings. The van der Waals surface area contributed by atoms with Gasteiger partial charge < -0.3 is 20.5 Å². The third-order valence-corrected chi connectivity index (χ3v) is 2.92. The zero-order valence-corrected chi connectivity index (χ0v) is 12.8. The standard InChI is InChI=1S/C16H24N2O3/c1-5-9-21-13-8-6-7-12(10-13)18-15(20)17-11-14(19)16(2,3)4/h5-8,10,14,19H,1,9,11H2,2-4H3,(H2,17,18,20). The van der Waals surface area contributed by atoms with Gasteiger partial charge in [-0.15, -0.1) is 0 Å². The third-order valence-electron chi connectivity index (χ3n) is 2.92. The summed E-state index contributed by atoms with van der Waals surface area (Å²) < 4.78 is 5.39. The zero-order valence-electron chi connectivity index (χ0n) is 12.8. The number of ether oxygens (including phenoxy) is 1. The van der Waals surface area contributed by atoms with Crippen LogP contribution in [-0.4, -0.2) is 30.4 Å². The van der Waals surface area contributed by atoms with E-state index >= 15 is 0 Å². The highest BCUT2D eigenvalue weighted by Gasteiger charge is 2.22. The van der Waals surface area contributed by atoms with Gasteiger partial charge in [0.05, 0.1) is 6.10 Å². The van der Waals surface area contributed by atoms with Gasteiger partial charge in [0.15, 0.2) is 0 Å². The topological polar surface area (TPSA) is 70.6 Å². The monoisotopic (exact) mass is 292 g/mol. The van der Waals surface area contributed by atoms with Crippen LogP contribution >= 0.6 is 0 Å². The maximum atomic E-state index is 11.8. The van der Waals surface area contributed by atoms with Crippen LogP contribution in [0.2, 0.25) is 0 Å². The Bertz CT molecular complexity index is 481. The first-order valence-corrected chi connectivity index (χ1v) is 6.89. The molecule has 5 heteroatoms. The second-order valence-electron chi connectivity index (χ2n) is 5.84. The van der Waals surface area contributed by atoms with Crippen LogP contribution in [0.25, 0.3) is 0 Å². The average Bonchev–Trinajstić information content (AvgIpc) is 2.42. The Labute approximate surface area is 126 Å². The molecule has 0 saturated carbocycles. The lowest BCUT2D eigenvalue weighted by atomic mass is 9.89. The molecular formula is C16H24N2O3. The lowest BCUT2D eigenvalue weighted by Gasteiger charge is -2.25. The van der Waals surface area contributed by atoms with Crippen molar-refractivity contribution in [2.75, 3.05) is 18.5 Å². The molecule has 0 saturated heterocycles. The van der Waals surface area contributed by atoms with E-state index in [1.165, 1.54) is 0 Å². The molecule has 5 nitrogen and oxygen atoms in total. The molecule has 116 valence electrons. The van der Waals surface area contributed by atoms with Crippen molar-refractivity contribution < 1.29 is 14.6 Å². The van der Waals surface area contributed by atoms with Crippen LogP contribution in [0.1, 0.15) is 20.8 Å². The predicted molar refractivity (Wildman–Crippen MR) is 84.6 cm³/mol. The molecule has 0 fully saturated rings. The largest absolute Gasteiger partial charge is 0.489 e. The molecule has 1 atom stereocenters. The number of hydrogen-bond donors (Lipinski definition) is 3. The van der Waals surface area contributed by atoms with Gasteiger partial charge in [-0.3, -0.25) is 0 Å². The van der Waals surface area contributed by atoms with Crippen LogP contribution in [0.4, 0.5) is 10.5 Å². The summed E-state index contributed by atoms with van der Waals surface area (Å²) in [6.45, 7) is 9.93. The predicted octanol–water partition coefficient (Wildman–Crippen LogP) is 2.78. The van der Waals surface area contributed by atoms with Crippen molar-refractivity contribution in [3.8, 4) is 5.75 Å². The van der Waals surface area contributed by atoms with Crippen LogP contribution in [0.3, 0.4) is 0 Å². The third kappa shape index (κ3) is 6.31. The van der Waals surface area contributed by atoms with E-state index < -0.39 is 6.10 Å². The minimum atomic E-state index is -0.606. The van der Waals surface area contributed by atoms with Crippen molar-refractivity contribution in [3.63, 3.8) is 0 Å². The molecule has 1 aromatic rings. The lowest BCUT2D eigenvalue weighted by Crippen LogP contribution is -2.40. The van der Waals surface area contributed by atoms with Crippen molar-refractivity contribution in [1.29, 1.82) is 0 Å². The van der Waals surface area contributed by atoms with E-state index in [0.29, 0.717) is 18.0 Å². The van der Waals surface area contributed by atoms with E-state index in [-0.39, 0.29) is 18.0 Å². The van der Waals surface area contributed by atoms with Crippen molar-refractivity contribution in [3.05, 3.63) is 36.9 Å². The van der Waals surface area contributed by atoms with Crippen molar-refractivity contribution >= 4 is 11.7 Å². The summed E-state index contributed by atoms with van der Waals surface area (Å²) in [6.07, 6.45) is 1.05. The molecule has 0 radical (unpaired) electrons. The van der Waals surface area contributed by atoms with Crippen molar-refractivity contribution in [1.82, 2.24) is 5.32 Å². The lowest BCUT2D eigenvalue weighted by molar-refractivity contribution is 0.0654. The summed E-state index contributed by atoms with van der Waals surface area (Å²) in [7, 11) is 0. The number of rotatable bonds is 6. The minimum Gasteiger partial charge on any atom is -0.489 e. The second kappa shape index (κ2) is 7.69. The first kappa shape index (κ1) is 17.0. The van der Waals surface area contributed by atoms with E-state index in [1.807, 2.05) is 20.8 Å². The Hall–Kier alpha value is -2.01. The van der Waals surface area contributed by atoms with Gasteiger partial charge in [0, 0.05) is 18.3 Å². The second-order valence-corrected chi connectivity index (χ2v) is 5.84. The van der Waals surface area contributed by atoms with Gasteiger partial charge in [-0.05, 0) is 17.5 Å². The number of aliphatic hydroxyl groups is 1. The van der Waals surface area contributed by atoms with E-state index in [4.69, 9.17) is 4.74 Å². The van der Waals surface area contributed by atoms with Crippen molar-refractivity contribution in [2.45, 2.75) is 26.9 Å². The summed E-state index contributed by atoms with van der Waals surface area (Å²) in [5, 5.41) is 15.2. The maximum absolute atomic E-state index is 11.8. The molecule has 0 bridgehead atoms. The number of carbonyl (C=O) groups excluding carboxylic acids is 1. The summed E-state index contributed by atoms with van der Waals surface area (Å²) in [5.41, 5.74) is 0.352. The number of aliphatic hydroxyl groups excluding tert-OH is 1. The number of nitrogens with one attached hydrogen (secondary N) is 2. The molecule has 0 aromatic heterocycles. The van der Waals surface area contributed by atoms with Gasteiger partial charge in [-0.25, -0.2) is 4.79 Å². The molecule has 0 heterocycles. The molecule has 1 aromatic carbocycles. The van der Waals surface area contributed by atoms with Crippen LogP contribution in [0.5, 0.6) is 5.75 Å². The summed E-state index contributed by atoms with van der Waals surface area (Å²) in [5.74, 6) is 0.655. The van der Waals surface area contributed by atoms with Gasteiger partial charge in [0.2, 0.25) is 0 Å². The SMILES string of the molecule is C=CCOc1cccc(NC(=O)NCC(O)C(C)(C)C)c1. The molecule has 0 aliphatic carbocycles. The maximum Gasteiger partial charge on any atom is 0.319 e. The van der Waals surface area contributed by atoms with E-state index in [1.54, 1.807) is 30.3 Å². The first-order chi connectivity index (χ1) is 9.82. The Morgan fingerprint density at radius 1 is 1.48 bits per heavy atom. The van der Waals surface area contributed by atoms with Gasteiger partial charge in [-0.2, -0.15) is 0 Å². The highest BCUT2D eigenvalue weighted by Crippen LogP contribution is 2.19. The minimum absolute atomic E-state index is 0.196. The average molecular weight is 292 g/mol. The Kier molecular flexibility index (Phi) is 6.24. The molecule has 1 rings (SSSR count). The van der Waals surface area contributed by atoms with Gasteiger partial charge in [-0.1, -0.05) is 39.5 Å². The summed E-state index contributed by atoms with van der Waals surface area (Å²) in [6, 6.07) is 6.72. The summed E-state index contributed by atoms with van der Waals surface area (Å²) in [4.78, 5) is 11.8. The first-order valence-electron chi connectivity index (χ1n) is 6.89. The molecule has 0 spiro atoms. The molecule has 21 heavy (non-hydrogen) atoms. The van der Waals surface area contributed by atoms with E-state index in [2.05, 4.69) is 17.2 Å². The number of hydrogen-bond acceptors (Lipinski definition) is 3. The van der Waals surface area contributed by atoms with Crippen LogP contribution in [0.15, 0.2) is 36.9 Å². The van der Waals surface area contributed by atoms with Crippen LogP contribution in [0, 0.1) is 5.41 Å². The van der Waals surface area contributed by atoms with E-state index in [0.717, 1.165) is 0 Å². The smallest absolute Gasteiger partial charge is 0.319 e. The number of carbonyl (C=O) groups is 1. The van der Waals surface area contributed by atoms with Gasteiger partial charge in [0.25, 0.3) is 0 Å². The normalized spacial score (nSPS) is 12.4. The van der Waals surface area contributed by atoms with Crippen molar-refractivity contribution in [2.24, 2.45) is 5.41 Å². The van der Waals surface area contributed by atoms with Gasteiger partial charge >= 0.3 is 6.03 Å². The van der Waals surface area contributed by atoms with Crippen LogP contribution in [-0.2, 0) is 0 Å². The fourth-order valence-corrected chi connectivity index (χ4v) is 1.49. The van der Waals surface area contributed by atoms with E-state index in [9.17, 15) is 9.90 Å². The molecule has 3 N–H and O–H groups in total. The molecule has 1 unspecified atom stereocenters. The quantitative estimate of drug-likeness (QED) is 0.706. The highest BCUT2D eigenvalue weighted by molar-refractivity contribution is 5.89. The molecule has 0 aliphatic heterocycles. The number of urea groups is 1. The molecular weight excluding hydrogens is 268 g/mol. The Morgan fingerprint density at radius 2 is 2.19 bits per heavy atom. The fourth-order valence-electron chi connectivity index (χ4n) is 1.49. The number of anilines is 1. The van der Waals surface area contributed by atoms with Crippen LogP contribution < -0.4 is 15.4 Å². The zero-order chi connectivity index (χ0) is 15.9. The Balaban J connectivity index is 2.49. The molecule has 2 amide bonds. The number of amides is 2. The Morgan fingerprint density at radius 3 is 2.81 bits per heavy atom. The fraction of sp³-hybridized carbons (Fsp3) is 0.438. The van der Waals surface area contributed by atoms with Gasteiger partial charge in [0.1, 0.15) is 12.4 Å². The number of benzene rings is 1. The highest BCUT2D eigenvalue weighted by atomic mass is 16.5.